The molecule has 2 aromatic rings. The van der Waals surface area contributed by atoms with Gasteiger partial charge in [0.05, 0.1) is 6.54 Å². The summed E-state index contributed by atoms with van der Waals surface area (Å²) in [7, 11) is 0. The number of carbonyl (C=O) groups excluding carboxylic acids is 1. The van der Waals surface area contributed by atoms with E-state index in [0.717, 1.165) is 25.9 Å². The van der Waals surface area contributed by atoms with E-state index < -0.39 is 0 Å². The van der Waals surface area contributed by atoms with E-state index in [1.54, 1.807) is 11.3 Å². The quantitative estimate of drug-likeness (QED) is 0.741. The molecule has 0 saturated heterocycles. The van der Waals surface area contributed by atoms with Gasteiger partial charge in [-0.15, -0.1) is 11.3 Å². The molecular formula is C18H23NOS. The molecule has 2 rings (SSSR count). The summed E-state index contributed by atoms with van der Waals surface area (Å²) in [6, 6.07) is 12.5. The zero-order chi connectivity index (χ0) is 15.1. The summed E-state index contributed by atoms with van der Waals surface area (Å²) < 4.78 is 0. The molecule has 1 heterocycles. The number of carbonyl (C=O) groups is 1. The van der Waals surface area contributed by atoms with E-state index in [4.69, 9.17) is 0 Å². The summed E-state index contributed by atoms with van der Waals surface area (Å²) in [6.45, 7) is 5.71. The van der Waals surface area contributed by atoms with Gasteiger partial charge in [0.25, 0.3) is 0 Å². The Labute approximate surface area is 131 Å². The van der Waals surface area contributed by atoms with Crippen molar-refractivity contribution in [2.24, 2.45) is 0 Å². The fourth-order valence-electron chi connectivity index (χ4n) is 2.31. The molecule has 0 unspecified atom stereocenters. The Kier molecular flexibility index (Phi) is 6.00. The van der Waals surface area contributed by atoms with E-state index in [-0.39, 0.29) is 5.91 Å². The van der Waals surface area contributed by atoms with Crippen LogP contribution in [0, 0.1) is 6.92 Å². The smallest absolute Gasteiger partial charge is 0.222 e. The maximum atomic E-state index is 12.3. The molecule has 0 aliphatic carbocycles. The molecular weight excluding hydrogens is 278 g/mol. The molecule has 21 heavy (non-hydrogen) atoms. The Morgan fingerprint density at radius 2 is 1.95 bits per heavy atom. The number of benzene rings is 1. The third kappa shape index (κ3) is 4.71. The van der Waals surface area contributed by atoms with Gasteiger partial charge in [-0.05, 0) is 42.3 Å². The van der Waals surface area contributed by atoms with Gasteiger partial charge in [0.1, 0.15) is 0 Å². The van der Waals surface area contributed by atoms with Crippen molar-refractivity contribution in [1.82, 2.24) is 4.90 Å². The molecule has 3 heteroatoms. The summed E-state index contributed by atoms with van der Waals surface area (Å²) in [6.07, 6.45) is 2.46. The van der Waals surface area contributed by atoms with Gasteiger partial charge >= 0.3 is 0 Å². The number of hydrogen-bond acceptors (Lipinski definition) is 2. The van der Waals surface area contributed by atoms with Crippen molar-refractivity contribution in [2.75, 3.05) is 6.54 Å². The van der Waals surface area contributed by atoms with Crippen LogP contribution in [0.25, 0.3) is 0 Å². The predicted octanol–water partition coefficient (Wildman–Crippen LogP) is 4.43. The van der Waals surface area contributed by atoms with E-state index >= 15 is 0 Å². The van der Waals surface area contributed by atoms with Crippen LogP contribution in [-0.2, 0) is 17.8 Å². The molecule has 0 fully saturated rings. The Balaban J connectivity index is 2.02. The maximum Gasteiger partial charge on any atom is 0.222 e. The molecule has 1 aromatic heterocycles. The van der Waals surface area contributed by atoms with Gasteiger partial charge in [0.2, 0.25) is 5.91 Å². The second-order valence-electron chi connectivity index (χ2n) is 5.33. The van der Waals surface area contributed by atoms with Crippen LogP contribution in [0.2, 0.25) is 0 Å². The van der Waals surface area contributed by atoms with Gasteiger partial charge in [-0.2, -0.15) is 0 Å². The minimum atomic E-state index is 0.265. The molecule has 0 aliphatic rings. The summed E-state index contributed by atoms with van der Waals surface area (Å²) in [5, 5.41) is 2.10. The molecule has 0 saturated carbocycles. The minimum Gasteiger partial charge on any atom is -0.337 e. The summed E-state index contributed by atoms with van der Waals surface area (Å²) in [5.41, 5.74) is 2.57. The van der Waals surface area contributed by atoms with Crippen LogP contribution in [0.1, 0.15) is 35.8 Å². The van der Waals surface area contributed by atoms with E-state index in [1.807, 2.05) is 11.0 Å². The number of rotatable bonds is 7. The van der Waals surface area contributed by atoms with Gasteiger partial charge in [-0.25, -0.2) is 0 Å². The normalized spacial score (nSPS) is 10.6. The van der Waals surface area contributed by atoms with Crippen LogP contribution >= 0.6 is 11.3 Å². The molecule has 112 valence electrons. The zero-order valence-corrected chi connectivity index (χ0v) is 13.7. The third-order valence-corrected chi connectivity index (χ3v) is 4.64. The first-order valence-corrected chi connectivity index (χ1v) is 8.43. The molecule has 1 amide bonds. The lowest BCUT2D eigenvalue weighted by atomic mass is 10.1. The fraction of sp³-hybridized carbons (Fsp3) is 0.389. The fourth-order valence-corrected chi connectivity index (χ4v) is 3.23. The molecule has 0 bridgehead atoms. The van der Waals surface area contributed by atoms with Crippen molar-refractivity contribution in [3.63, 3.8) is 0 Å². The molecule has 0 radical (unpaired) electrons. The van der Waals surface area contributed by atoms with Gasteiger partial charge in [-0.1, -0.05) is 37.3 Å². The molecule has 2 nitrogen and oxygen atoms in total. The minimum absolute atomic E-state index is 0.265. The van der Waals surface area contributed by atoms with E-state index in [2.05, 4.69) is 49.6 Å². The van der Waals surface area contributed by atoms with Crippen molar-refractivity contribution >= 4 is 17.2 Å². The first-order chi connectivity index (χ1) is 10.2. The first kappa shape index (κ1) is 15.8. The second-order valence-corrected chi connectivity index (χ2v) is 6.33. The number of nitrogens with zero attached hydrogens (tertiary/aromatic N) is 1. The predicted molar refractivity (Wildman–Crippen MR) is 89.5 cm³/mol. The van der Waals surface area contributed by atoms with Crippen molar-refractivity contribution in [2.45, 2.75) is 39.7 Å². The standard InChI is InChI=1S/C18H23NOS/c1-3-7-18(20)19(14-17-15(2)11-13-21-17)12-10-16-8-5-4-6-9-16/h4-6,8-9,11,13H,3,7,10,12,14H2,1-2H3. The lowest BCUT2D eigenvalue weighted by molar-refractivity contribution is -0.131. The van der Waals surface area contributed by atoms with Crippen molar-refractivity contribution in [3.05, 3.63) is 57.8 Å². The van der Waals surface area contributed by atoms with E-state index in [0.29, 0.717) is 6.42 Å². The number of thiophene rings is 1. The third-order valence-electron chi connectivity index (χ3n) is 3.63. The van der Waals surface area contributed by atoms with Gasteiger partial charge in [0, 0.05) is 17.8 Å². The number of hydrogen-bond donors (Lipinski definition) is 0. The largest absolute Gasteiger partial charge is 0.337 e. The SMILES string of the molecule is CCCC(=O)N(CCc1ccccc1)Cc1sccc1C. The van der Waals surface area contributed by atoms with Crippen LogP contribution in [0.5, 0.6) is 0 Å². The van der Waals surface area contributed by atoms with Crippen LogP contribution in [0.4, 0.5) is 0 Å². The summed E-state index contributed by atoms with van der Waals surface area (Å²) in [4.78, 5) is 15.6. The molecule has 0 N–H and O–H groups in total. The first-order valence-electron chi connectivity index (χ1n) is 7.55. The maximum absolute atomic E-state index is 12.3. The molecule has 0 aliphatic heterocycles. The Bertz CT molecular complexity index is 562. The summed E-state index contributed by atoms with van der Waals surface area (Å²) >= 11 is 1.74. The highest BCUT2D eigenvalue weighted by Gasteiger charge is 2.14. The molecule has 1 aromatic carbocycles. The Morgan fingerprint density at radius 3 is 2.57 bits per heavy atom. The van der Waals surface area contributed by atoms with Crippen LogP contribution in [0.3, 0.4) is 0 Å². The van der Waals surface area contributed by atoms with Gasteiger partial charge in [-0.3, -0.25) is 4.79 Å². The highest BCUT2D eigenvalue weighted by molar-refractivity contribution is 7.10. The van der Waals surface area contributed by atoms with Crippen molar-refractivity contribution < 1.29 is 4.79 Å². The zero-order valence-electron chi connectivity index (χ0n) is 12.8. The van der Waals surface area contributed by atoms with Crippen LogP contribution in [-0.4, -0.2) is 17.4 Å². The number of amides is 1. The monoisotopic (exact) mass is 301 g/mol. The number of aryl methyl sites for hydroxylation is 1. The average molecular weight is 301 g/mol. The second kappa shape index (κ2) is 7.99. The van der Waals surface area contributed by atoms with Crippen LogP contribution in [0.15, 0.2) is 41.8 Å². The van der Waals surface area contributed by atoms with Crippen molar-refractivity contribution in [3.8, 4) is 0 Å². The molecule has 0 atom stereocenters. The van der Waals surface area contributed by atoms with Crippen molar-refractivity contribution in [1.29, 1.82) is 0 Å². The van der Waals surface area contributed by atoms with E-state index in [1.165, 1.54) is 16.0 Å². The van der Waals surface area contributed by atoms with Crippen LogP contribution < -0.4 is 0 Å². The highest BCUT2D eigenvalue weighted by Crippen LogP contribution is 2.19. The Morgan fingerprint density at radius 1 is 1.19 bits per heavy atom. The highest BCUT2D eigenvalue weighted by atomic mass is 32.1. The Hall–Kier alpha value is -1.61. The molecule has 0 spiro atoms. The van der Waals surface area contributed by atoms with Gasteiger partial charge in [0.15, 0.2) is 0 Å². The average Bonchev–Trinajstić information content (AvgIpc) is 2.90. The topological polar surface area (TPSA) is 20.3 Å². The lowest BCUT2D eigenvalue weighted by Gasteiger charge is -2.22. The van der Waals surface area contributed by atoms with E-state index in [9.17, 15) is 4.79 Å². The summed E-state index contributed by atoms with van der Waals surface area (Å²) in [5.74, 6) is 0.265. The lowest BCUT2D eigenvalue weighted by Crippen LogP contribution is -2.32. The van der Waals surface area contributed by atoms with Gasteiger partial charge < -0.3 is 4.90 Å².